The number of alkyl halides is 3. The molecule has 1 aliphatic rings. The second-order valence-electron chi connectivity index (χ2n) is 3.94. The molecule has 0 aromatic rings. The lowest BCUT2D eigenvalue weighted by molar-refractivity contribution is -0.150. The van der Waals surface area contributed by atoms with E-state index in [0.29, 0.717) is 0 Å². The number of halogens is 3. The molecule has 0 spiro atoms. The quantitative estimate of drug-likeness (QED) is 0.783. The van der Waals surface area contributed by atoms with Crippen molar-refractivity contribution in [1.82, 2.24) is 5.32 Å². The Balaban J connectivity index is 2.31. The SMILES string of the molecule is CC(Br)C(C)NC(=O)C1CC(F)(F)C1. The summed E-state index contributed by atoms with van der Waals surface area (Å²) in [4.78, 5) is 11.5. The van der Waals surface area contributed by atoms with Crippen LogP contribution in [-0.4, -0.2) is 22.7 Å². The maximum absolute atomic E-state index is 12.5. The van der Waals surface area contributed by atoms with Crippen molar-refractivity contribution < 1.29 is 13.6 Å². The van der Waals surface area contributed by atoms with Gasteiger partial charge in [-0.2, -0.15) is 0 Å². The number of nitrogens with one attached hydrogen (secondary N) is 1. The Morgan fingerprint density at radius 2 is 2.00 bits per heavy atom. The van der Waals surface area contributed by atoms with Gasteiger partial charge in [-0.25, -0.2) is 8.78 Å². The average Bonchev–Trinajstić information content (AvgIpc) is 1.99. The van der Waals surface area contributed by atoms with Crippen molar-refractivity contribution in [1.29, 1.82) is 0 Å². The van der Waals surface area contributed by atoms with Crippen molar-refractivity contribution >= 4 is 21.8 Å². The zero-order chi connectivity index (χ0) is 10.9. The lowest BCUT2D eigenvalue weighted by Crippen LogP contribution is -2.48. The van der Waals surface area contributed by atoms with Crippen molar-refractivity contribution in [3.05, 3.63) is 0 Å². The molecule has 1 amide bonds. The first-order valence-corrected chi connectivity index (χ1v) is 5.55. The van der Waals surface area contributed by atoms with E-state index in [1.807, 2.05) is 13.8 Å². The molecule has 0 heterocycles. The summed E-state index contributed by atoms with van der Waals surface area (Å²) in [6, 6.07) is -0.0308. The third-order valence-electron chi connectivity index (χ3n) is 2.52. The van der Waals surface area contributed by atoms with Gasteiger partial charge in [-0.15, -0.1) is 0 Å². The fourth-order valence-corrected chi connectivity index (χ4v) is 1.44. The van der Waals surface area contributed by atoms with Gasteiger partial charge in [0.15, 0.2) is 0 Å². The van der Waals surface area contributed by atoms with Gasteiger partial charge in [-0.1, -0.05) is 22.9 Å². The van der Waals surface area contributed by atoms with E-state index < -0.39 is 11.8 Å². The first kappa shape index (κ1) is 11.9. The molecule has 2 atom stereocenters. The van der Waals surface area contributed by atoms with Gasteiger partial charge in [-0.3, -0.25) is 4.79 Å². The molecule has 1 N–H and O–H groups in total. The third kappa shape index (κ3) is 2.90. The van der Waals surface area contributed by atoms with E-state index in [-0.39, 0.29) is 29.6 Å². The van der Waals surface area contributed by atoms with E-state index in [1.165, 1.54) is 0 Å². The molecule has 0 radical (unpaired) electrons. The Labute approximate surface area is 90.6 Å². The molecule has 82 valence electrons. The minimum atomic E-state index is -2.62. The van der Waals surface area contributed by atoms with Gasteiger partial charge in [0.1, 0.15) is 0 Å². The van der Waals surface area contributed by atoms with E-state index in [9.17, 15) is 13.6 Å². The number of carbonyl (C=O) groups is 1. The highest BCUT2D eigenvalue weighted by Crippen LogP contribution is 2.42. The smallest absolute Gasteiger partial charge is 0.249 e. The number of carbonyl (C=O) groups excluding carboxylic acids is 1. The minimum Gasteiger partial charge on any atom is -0.352 e. The van der Waals surface area contributed by atoms with Crippen molar-refractivity contribution in [3.8, 4) is 0 Å². The van der Waals surface area contributed by atoms with Crippen LogP contribution in [0.25, 0.3) is 0 Å². The van der Waals surface area contributed by atoms with E-state index in [0.717, 1.165) is 0 Å². The van der Waals surface area contributed by atoms with Gasteiger partial charge in [0.25, 0.3) is 0 Å². The van der Waals surface area contributed by atoms with Gasteiger partial charge in [0.2, 0.25) is 11.8 Å². The molecule has 0 aromatic heterocycles. The molecule has 0 saturated heterocycles. The summed E-state index contributed by atoms with van der Waals surface area (Å²) in [5.41, 5.74) is 0. The largest absolute Gasteiger partial charge is 0.352 e. The Hall–Kier alpha value is -0.190. The summed E-state index contributed by atoms with van der Waals surface area (Å²) in [5.74, 6) is -3.38. The van der Waals surface area contributed by atoms with Crippen molar-refractivity contribution in [3.63, 3.8) is 0 Å². The van der Waals surface area contributed by atoms with Crippen LogP contribution in [-0.2, 0) is 4.79 Å². The molecule has 1 rings (SSSR count). The third-order valence-corrected chi connectivity index (χ3v) is 3.31. The molecule has 5 heteroatoms. The van der Waals surface area contributed by atoms with Crippen LogP contribution < -0.4 is 5.32 Å². The van der Waals surface area contributed by atoms with Crippen LogP contribution in [0.2, 0.25) is 0 Å². The van der Waals surface area contributed by atoms with Crippen molar-refractivity contribution in [2.24, 2.45) is 5.92 Å². The monoisotopic (exact) mass is 269 g/mol. The molecule has 2 unspecified atom stereocenters. The number of rotatable bonds is 3. The molecule has 14 heavy (non-hydrogen) atoms. The Morgan fingerprint density at radius 1 is 1.50 bits per heavy atom. The van der Waals surface area contributed by atoms with Gasteiger partial charge in [-0.05, 0) is 6.92 Å². The van der Waals surface area contributed by atoms with Gasteiger partial charge >= 0.3 is 0 Å². The normalized spacial score (nSPS) is 24.9. The summed E-state index contributed by atoms with van der Waals surface area (Å²) in [5, 5.41) is 2.70. The number of amides is 1. The van der Waals surface area contributed by atoms with Crippen LogP contribution in [0.4, 0.5) is 8.78 Å². The van der Waals surface area contributed by atoms with E-state index in [4.69, 9.17) is 0 Å². The van der Waals surface area contributed by atoms with Crippen LogP contribution in [0.3, 0.4) is 0 Å². The van der Waals surface area contributed by atoms with Crippen LogP contribution >= 0.6 is 15.9 Å². The average molecular weight is 270 g/mol. The Morgan fingerprint density at radius 3 is 2.36 bits per heavy atom. The molecule has 1 fully saturated rings. The first-order chi connectivity index (χ1) is 6.32. The molecular formula is C9H14BrF2NO. The first-order valence-electron chi connectivity index (χ1n) is 4.64. The maximum atomic E-state index is 12.5. The minimum absolute atomic E-state index is 0.0308. The maximum Gasteiger partial charge on any atom is 0.249 e. The summed E-state index contributed by atoms with van der Waals surface area (Å²) < 4.78 is 24.9. The molecule has 0 aromatic carbocycles. The summed E-state index contributed by atoms with van der Waals surface area (Å²) in [6.07, 6.45) is -0.607. The van der Waals surface area contributed by atoms with Crippen LogP contribution in [0.5, 0.6) is 0 Å². The lowest BCUT2D eigenvalue weighted by Gasteiger charge is -2.34. The van der Waals surface area contributed by atoms with Crippen molar-refractivity contribution in [2.75, 3.05) is 0 Å². The molecule has 0 aliphatic heterocycles. The molecule has 1 saturated carbocycles. The second kappa shape index (κ2) is 4.13. The predicted molar refractivity (Wildman–Crippen MR) is 53.7 cm³/mol. The second-order valence-corrected chi connectivity index (χ2v) is 5.38. The van der Waals surface area contributed by atoms with Gasteiger partial charge in [0.05, 0.1) is 0 Å². The van der Waals surface area contributed by atoms with Crippen molar-refractivity contribution in [2.45, 2.75) is 43.5 Å². The zero-order valence-electron chi connectivity index (χ0n) is 8.19. The van der Waals surface area contributed by atoms with Crippen LogP contribution in [0.15, 0.2) is 0 Å². The fourth-order valence-electron chi connectivity index (χ4n) is 1.30. The van der Waals surface area contributed by atoms with E-state index >= 15 is 0 Å². The lowest BCUT2D eigenvalue weighted by atomic mass is 9.80. The number of hydrogen-bond acceptors (Lipinski definition) is 1. The van der Waals surface area contributed by atoms with E-state index in [1.54, 1.807) is 0 Å². The Bertz CT molecular complexity index is 225. The van der Waals surface area contributed by atoms with Gasteiger partial charge < -0.3 is 5.32 Å². The zero-order valence-corrected chi connectivity index (χ0v) is 9.77. The summed E-state index contributed by atoms with van der Waals surface area (Å²) in [6.45, 7) is 3.74. The van der Waals surface area contributed by atoms with Crippen LogP contribution in [0, 0.1) is 5.92 Å². The standard InChI is InChI=1S/C9H14BrF2NO/c1-5(10)6(2)13-8(14)7-3-9(11,12)4-7/h5-7H,3-4H2,1-2H3,(H,13,14). The predicted octanol–water partition coefficient (Wildman–Crippen LogP) is 2.32. The summed E-state index contributed by atoms with van der Waals surface area (Å²) in [7, 11) is 0. The molecule has 1 aliphatic carbocycles. The fraction of sp³-hybridized carbons (Fsp3) is 0.889. The summed E-state index contributed by atoms with van der Waals surface area (Å²) >= 11 is 3.32. The van der Waals surface area contributed by atoms with Gasteiger partial charge in [0, 0.05) is 29.6 Å². The molecule has 2 nitrogen and oxygen atoms in total. The van der Waals surface area contributed by atoms with Crippen LogP contribution in [0.1, 0.15) is 26.7 Å². The van der Waals surface area contributed by atoms with E-state index in [2.05, 4.69) is 21.2 Å². The number of hydrogen-bond donors (Lipinski definition) is 1. The topological polar surface area (TPSA) is 29.1 Å². The highest BCUT2D eigenvalue weighted by Gasteiger charge is 2.48. The molecule has 0 bridgehead atoms. The highest BCUT2D eigenvalue weighted by atomic mass is 79.9. The Kier molecular flexibility index (Phi) is 3.50. The highest BCUT2D eigenvalue weighted by molar-refractivity contribution is 9.09. The molecular weight excluding hydrogens is 256 g/mol.